The van der Waals surface area contributed by atoms with Crippen LogP contribution in [0.3, 0.4) is 0 Å². The van der Waals surface area contributed by atoms with Crippen LogP contribution in [0.2, 0.25) is 0 Å². The first-order chi connectivity index (χ1) is 8.37. The van der Waals surface area contributed by atoms with Crippen LogP contribution in [0.5, 0.6) is 0 Å². The van der Waals surface area contributed by atoms with Crippen LogP contribution >= 0.6 is 0 Å². The van der Waals surface area contributed by atoms with E-state index >= 15 is 0 Å². The third-order valence-electron chi connectivity index (χ3n) is 2.26. The van der Waals surface area contributed by atoms with Crippen molar-refractivity contribution in [2.24, 2.45) is 9.98 Å². The first kappa shape index (κ1) is 13.8. The third-order valence-corrected chi connectivity index (χ3v) is 2.26. The lowest BCUT2D eigenvalue weighted by Crippen LogP contribution is -2.38. The van der Waals surface area contributed by atoms with Gasteiger partial charge in [0.05, 0.1) is 0 Å². The number of hydrogen-bond acceptors (Lipinski definition) is 4. The number of benzene rings is 1. The first-order valence-electron chi connectivity index (χ1n) is 4.69. The van der Waals surface area contributed by atoms with Gasteiger partial charge in [-0.3, -0.25) is 0 Å². The van der Waals surface area contributed by atoms with Crippen LogP contribution in [0, 0.1) is 6.92 Å². The third kappa shape index (κ3) is 2.37. The molecule has 0 saturated heterocycles. The predicted molar refractivity (Wildman–Crippen MR) is 55.2 cm³/mol. The van der Waals surface area contributed by atoms with Gasteiger partial charge in [0.1, 0.15) is 0 Å². The summed E-state index contributed by atoms with van der Waals surface area (Å²) in [6.45, 7) is 1.67. The summed E-state index contributed by atoms with van der Waals surface area (Å²) in [5.74, 6) is 0. The van der Waals surface area contributed by atoms with Crippen molar-refractivity contribution in [3.8, 4) is 0 Å². The molecule has 0 amide bonds. The summed E-state index contributed by atoms with van der Waals surface area (Å²) in [5.41, 5.74) is -3.02. The van der Waals surface area contributed by atoms with E-state index in [4.69, 9.17) is 0 Å². The van der Waals surface area contributed by atoms with Crippen molar-refractivity contribution in [3.05, 3.63) is 35.4 Å². The lowest BCUT2D eigenvalue weighted by molar-refractivity contribution is -0.186. The second-order valence-electron chi connectivity index (χ2n) is 3.44. The fourth-order valence-corrected chi connectivity index (χ4v) is 1.36. The van der Waals surface area contributed by atoms with Crippen molar-refractivity contribution in [3.63, 3.8) is 0 Å². The highest BCUT2D eigenvalue weighted by Gasteiger charge is 2.57. The zero-order valence-corrected chi connectivity index (χ0v) is 9.15. The molecule has 1 aromatic carbocycles. The molecule has 0 fully saturated rings. The smallest absolute Gasteiger partial charge is 0.211 e. The Kier molecular flexibility index (Phi) is 3.81. The Morgan fingerprint density at radius 1 is 1.00 bits per heavy atom. The molecular weight excluding hydrogens is 249 g/mol. The molecule has 0 radical (unpaired) electrons. The van der Waals surface area contributed by atoms with Crippen molar-refractivity contribution in [2.45, 2.75) is 18.8 Å². The lowest BCUT2D eigenvalue weighted by Gasteiger charge is -2.25. The molecule has 0 N–H and O–H groups in total. The van der Waals surface area contributed by atoms with Crippen LogP contribution in [-0.2, 0) is 15.3 Å². The molecule has 0 saturated carbocycles. The second-order valence-corrected chi connectivity index (χ2v) is 3.44. The van der Waals surface area contributed by atoms with E-state index in [1.807, 2.05) is 0 Å². The van der Waals surface area contributed by atoms with Gasteiger partial charge >= 0.3 is 6.18 Å². The number of carbonyl (C=O) groups excluding carboxylic acids is 2. The summed E-state index contributed by atoms with van der Waals surface area (Å²) in [5, 5.41) is 0. The topological polar surface area (TPSA) is 58.9 Å². The first-order valence-corrected chi connectivity index (χ1v) is 4.69. The molecule has 0 aliphatic rings. The maximum atomic E-state index is 13.0. The Labute approximate surface area is 99.9 Å². The lowest BCUT2D eigenvalue weighted by atomic mass is 9.99. The van der Waals surface area contributed by atoms with E-state index in [1.54, 1.807) is 6.92 Å². The van der Waals surface area contributed by atoms with E-state index in [1.165, 1.54) is 12.1 Å². The Morgan fingerprint density at radius 2 is 1.44 bits per heavy atom. The number of halogens is 3. The summed E-state index contributed by atoms with van der Waals surface area (Å²) in [7, 11) is 0. The van der Waals surface area contributed by atoms with Crippen LogP contribution in [0.25, 0.3) is 0 Å². The molecule has 7 heteroatoms. The minimum Gasteiger partial charge on any atom is -0.211 e. The minimum absolute atomic E-state index is 0.452. The highest BCUT2D eigenvalue weighted by molar-refractivity contribution is 5.44. The second kappa shape index (κ2) is 4.96. The summed E-state index contributed by atoms with van der Waals surface area (Å²) >= 11 is 0. The van der Waals surface area contributed by atoms with Crippen LogP contribution in [0.1, 0.15) is 11.1 Å². The van der Waals surface area contributed by atoms with E-state index in [-0.39, 0.29) is 0 Å². The molecule has 0 aliphatic heterocycles. The molecule has 0 aliphatic carbocycles. The van der Waals surface area contributed by atoms with E-state index in [2.05, 4.69) is 9.98 Å². The maximum Gasteiger partial charge on any atom is 0.440 e. The van der Waals surface area contributed by atoms with Gasteiger partial charge in [-0.15, -0.1) is 0 Å². The Morgan fingerprint density at radius 3 is 1.78 bits per heavy atom. The van der Waals surface area contributed by atoms with Crippen molar-refractivity contribution < 1.29 is 22.8 Å². The van der Waals surface area contributed by atoms with E-state index in [0.717, 1.165) is 24.3 Å². The normalized spacial score (nSPS) is 14.0. The fraction of sp³-hybridized carbons (Fsp3) is 0.273. The van der Waals surface area contributed by atoms with Crippen LogP contribution in [0.4, 0.5) is 13.2 Å². The van der Waals surface area contributed by atoms with E-state index in [9.17, 15) is 22.8 Å². The molecule has 18 heavy (non-hydrogen) atoms. The van der Waals surface area contributed by atoms with Gasteiger partial charge in [0.15, 0.2) is 0 Å². The van der Waals surface area contributed by atoms with Gasteiger partial charge in [0.25, 0.3) is 5.66 Å². The van der Waals surface area contributed by atoms with Crippen molar-refractivity contribution in [1.29, 1.82) is 0 Å². The number of aryl methyl sites for hydroxylation is 1. The van der Waals surface area contributed by atoms with Crippen LogP contribution in [-0.4, -0.2) is 18.3 Å². The molecule has 0 bridgehead atoms. The minimum atomic E-state index is -5.04. The van der Waals surface area contributed by atoms with Crippen molar-refractivity contribution in [1.82, 2.24) is 0 Å². The monoisotopic (exact) mass is 256 g/mol. The molecule has 0 atom stereocenters. The molecule has 0 spiro atoms. The fourth-order valence-electron chi connectivity index (χ4n) is 1.36. The number of aliphatic imine (C=N–C) groups is 2. The van der Waals surface area contributed by atoms with Gasteiger partial charge in [-0.2, -0.15) is 23.2 Å². The quantitative estimate of drug-likeness (QED) is 0.615. The van der Waals surface area contributed by atoms with Gasteiger partial charge < -0.3 is 0 Å². The SMILES string of the molecule is Cc1ccc(C(N=C=O)(N=C=O)C(F)(F)F)cc1. The van der Waals surface area contributed by atoms with Gasteiger partial charge in [0, 0.05) is 5.56 Å². The van der Waals surface area contributed by atoms with Crippen molar-refractivity contribution in [2.75, 3.05) is 0 Å². The molecule has 1 rings (SSSR count). The van der Waals surface area contributed by atoms with Crippen LogP contribution in [0.15, 0.2) is 34.3 Å². The molecular formula is C11H7F3N2O2. The number of nitrogens with zero attached hydrogens (tertiary/aromatic N) is 2. The van der Waals surface area contributed by atoms with Gasteiger partial charge in [-0.05, 0) is 6.92 Å². The molecule has 0 heterocycles. The van der Waals surface area contributed by atoms with Crippen molar-refractivity contribution >= 4 is 12.2 Å². The highest BCUT2D eigenvalue weighted by atomic mass is 19.4. The molecule has 0 unspecified atom stereocenters. The largest absolute Gasteiger partial charge is 0.440 e. The summed E-state index contributed by atoms with van der Waals surface area (Å²) in [4.78, 5) is 25.7. The zero-order valence-electron chi connectivity index (χ0n) is 9.15. The summed E-state index contributed by atoms with van der Waals surface area (Å²) < 4.78 is 39.0. The maximum absolute atomic E-state index is 13.0. The molecule has 1 aromatic rings. The average molecular weight is 256 g/mol. The number of isocyanates is 2. The number of hydrogen-bond donors (Lipinski definition) is 0. The summed E-state index contributed by atoms with van der Waals surface area (Å²) in [6, 6.07) is 4.95. The van der Waals surface area contributed by atoms with E-state index < -0.39 is 17.4 Å². The molecule has 94 valence electrons. The van der Waals surface area contributed by atoms with Crippen LogP contribution < -0.4 is 0 Å². The standard InChI is InChI=1S/C11H7F3N2O2/c1-8-2-4-9(5-3-8)10(15-6-17,16-7-18)11(12,13)14/h2-5H,1H3. The zero-order chi connectivity index (χ0) is 13.8. The average Bonchev–Trinajstić information content (AvgIpc) is 2.28. The molecule has 0 aromatic heterocycles. The number of alkyl halides is 3. The van der Waals surface area contributed by atoms with Gasteiger partial charge in [0.2, 0.25) is 12.2 Å². The van der Waals surface area contributed by atoms with Gasteiger partial charge in [-0.25, -0.2) is 9.59 Å². The predicted octanol–water partition coefficient (Wildman–Crippen LogP) is 2.38. The Hall–Kier alpha value is -2.23. The number of rotatable bonds is 3. The molecule has 4 nitrogen and oxygen atoms in total. The summed E-state index contributed by atoms with van der Waals surface area (Å²) in [6.07, 6.45) is -3.45. The Balaban J connectivity index is 3.58. The van der Waals surface area contributed by atoms with E-state index in [0.29, 0.717) is 5.56 Å². The Bertz CT molecular complexity index is 506. The highest BCUT2D eigenvalue weighted by Crippen LogP contribution is 2.43. The van der Waals surface area contributed by atoms with Gasteiger partial charge in [-0.1, -0.05) is 29.8 Å².